The third-order valence-electron chi connectivity index (χ3n) is 1.90. The topological polar surface area (TPSA) is 43.4 Å². The molecule has 0 spiro atoms. The fourth-order valence-corrected chi connectivity index (χ4v) is 1.24. The normalized spacial score (nSPS) is 10.5. The fourth-order valence-electron chi connectivity index (χ4n) is 1.24. The van der Waals surface area contributed by atoms with Crippen molar-refractivity contribution in [2.75, 3.05) is 25.1 Å². The molecule has 4 heteroatoms. The lowest BCUT2D eigenvalue weighted by Gasteiger charge is -2.10. The molecule has 0 aliphatic heterocycles. The first-order valence-corrected chi connectivity index (χ1v) is 5.65. The molecule has 1 N–H and O–H groups in total. The summed E-state index contributed by atoms with van der Waals surface area (Å²) < 4.78 is 10.9. The van der Waals surface area contributed by atoms with Gasteiger partial charge in [0.25, 0.3) is 0 Å². The number of pyridine rings is 1. The lowest BCUT2D eigenvalue weighted by atomic mass is 10.4. The first-order valence-electron chi connectivity index (χ1n) is 5.65. The molecule has 1 rings (SSSR count). The minimum atomic E-state index is 0.245. The van der Waals surface area contributed by atoms with E-state index >= 15 is 0 Å². The van der Waals surface area contributed by atoms with Crippen molar-refractivity contribution in [2.45, 2.75) is 26.9 Å². The van der Waals surface area contributed by atoms with E-state index < -0.39 is 0 Å². The Bertz CT molecular complexity index is 303. The third-order valence-corrected chi connectivity index (χ3v) is 1.90. The second-order valence-electron chi connectivity index (χ2n) is 3.71. The summed E-state index contributed by atoms with van der Waals surface area (Å²) in [7, 11) is 0. The third kappa shape index (κ3) is 4.98. The van der Waals surface area contributed by atoms with Gasteiger partial charge in [0, 0.05) is 12.6 Å². The SMILES string of the molecule is CCNc1cncc(OCCOC(C)C)c1. The molecular formula is C12H20N2O2. The molecule has 1 aromatic rings. The quantitative estimate of drug-likeness (QED) is 0.722. The van der Waals surface area contributed by atoms with Gasteiger partial charge < -0.3 is 14.8 Å². The smallest absolute Gasteiger partial charge is 0.139 e. The summed E-state index contributed by atoms with van der Waals surface area (Å²) in [6, 6.07) is 1.94. The van der Waals surface area contributed by atoms with Crippen LogP contribution in [0.1, 0.15) is 20.8 Å². The highest BCUT2D eigenvalue weighted by molar-refractivity contribution is 5.44. The predicted molar refractivity (Wildman–Crippen MR) is 65.0 cm³/mol. The van der Waals surface area contributed by atoms with E-state index in [1.54, 1.807) is 12.4 Å². The van der Waals surface area contributed by atoms with Crippen LogP contribution in [-0.4, -0.2) is 30.8 Å². The predicted octanol–water partition coefficient (Wildman–Crippen LogP) is 2.32. The maximum absolute atomic E-state index is 5.52. The average molecular weight is 224 g/mol. The van der Waals surface area contributed by atoms with Gasteiger partial charge in [0.05, 0.1) is 30.8 Å². The molecule has 0 saturated heterocycles. The number of nitrogens with one attached hydrogen (secondary N) is 1. The van der Waals surface area contributed by atoms with Gasteiger partial charge in [0.1, 0.15) is 12.4 Å². The van der Waals surface area contributed by atoms with E-state index in [1.165, 1.54) is 0 Å². The number of hydrogen-bond acceptors (Lipinski definition) is 4. The second-order valence-corrected chi connectivity index (χ2v) is 3.71. The Morgan fingerprint density at radius 3 is 2.81 bits per heavy atom. The molecule has 0 aliphatic carbocycles. The molecule has 4 nitrogen and oxygen atoms in total. The molecule has 0 radical (unpaired) electrons. The fraction of sp³-hybridized carbons (Fsp3) is 0.583. The molecule has 1 heterocycles. The molecule has 0 bridgehead atoms. The molecule has 0 fully saturated rings. The summed E-state index contributed by atoms with van der Waals surface area (Å²) in [5.74, 6) is 0.769. The van der Waals surface area contributed by atoms with Gasteiger partial charge in [-0.1, -0.05) is 0 Å². The van der Waals surface area contributed by atoms with Gasteiger partial charge in [-0.05, 0) is 20.8 Å². The number of anilines is 1. The summed E-state index contributed by atoms with van der Waals surface area (Å²) in [4.78, 5) is 4.09. The van der Waals surface area contributed by atoms with Crippen molar-refractivity contribution in [3.63, 3.8) is 0 Å². The number of nitrogens with zero attached hydrogens (tertiary/aromatic N) is 1. The zero-order valence-electron chi connectivity index (χ0n) is 10.2. The van der Waals surface area contributed by atoms with Gasteiger partial charge >= 0.3 is 0 Å². The molecule has 90 valence electrons. The van der Waals surface area contributed by atoms with Crippen LogP contribution in [0.2, 0.25) is 0 Å². The minimum absolute atomic E-state index is 0.245. The number of hydrogen-bond donors (Lipinski definition) is 1. The Kier molecular flexibility index (Phi) is 5.64. The number of aromatic nitrogens is 1. The summed E-state index contributed by atoms with van der Waals surface area (Å²) in [6.07, 6.45) is 3.73. The Hall–Kier alpha value is -1.29. The standard InChI is InChI=1S/C12H20N2O2/c1-4-14-11-7-12(9-13-8-11)16-6-5-15-10(2)3/h7-10,14H,4-6H2,1-3H3. The van der Waals surface area contributed by atoms with Crippen LogP contribution in [-0.2, 0) is 4.74 Å². The van der Waals surface area contributed by atoms with Crippen LogP contribution in [0.15, 0.2) is 18.5 Å². The van der Waals surface area contributed by atoms with Crippen LogP contribution in [0.4, 0.5) is 5.69 Å². The Labute approximate surface area is 97.0 Å². The maximum Gasteiger partial charge on any atom is 0.139 e. The van der Waals surface area contributed by atoms with E-state index in [0.29, 0.717) is 13.2 Å². The van der Waals surface area contributed by atoms with Crippen LogP contribution in [0, 0.1) is 0 Å². The number of rotatable bonds is 7. The van der Waals surface area contributed by atoms with Gasteiger partial charge in [0.2, 0.25) is 0 Å². The Balaban J connectivity index is 2.33. The summed E-state index contributed by atoms with van der Waals surface area (Å²) >= 11 is 0. The molecule has 1 aromatic heterocycles. The summed E-state index contributed by atoms with van der Waals surface area (Å²) in [5.41, 5.74) is 0.977. The highest BCUT2D eigenvalue weighted by Gasteiger charge is 1.98. The molecule has 16 heavy (non-hydrogen) atoms. The monoisotopic (exact) mass is 224 g/mol. The van der Waals surface area contributed by atoms with E-state index in [2.05, 4.69) is 10.3 Å². The number of ether oxygens (including phenoxy) is 2. The van der Waals surface area contributed by atoms with Crippen molar-refractivity contribution in [1.29, 1.82) is 0 Å². The molecular weight excluding hydrogens is 204 g/mol. The Morgan fingerprint density at radius 2 is 2.12 bits per heavy atom. The second kappa shape index (κ2) is 7.06. The lowest BCUT2D eigenvalue weighted by Crippen LogP contribution is -2.11. The first-order chi connectivity index (χ1) is 7.72. The van der Waals surface area contributed by atoms with E-state index in [4.69, 9.17) is 9.47 Å². The van der Waals surface area contributed by atoms with E-state index in [9.17, 15) is 0 Å². The molecule has 0 aromatic carbocycles. The Morgan fingerprint density at radius 1 is 1.31 bits per heavy atom. The highest BCUT2D eigenvalue weighted by atomic mass is 16.5. The van der Waals surface area contributed by atoms with Crippen LogP contribution >= 0.6 is 0 Å². The van der Waals surface area contributed by atoms with Gasteiger partial charge in [-0.25, -0.2) is 0 Å². The molecule has 0 amide bonds. The summed E-state index contributed by atoms with van der Waals surface area (Å²) in [6.45, 7) is 8.09. The van der Waals surface area contributed by atoms with Gasteiger partial charge in [-0.15, -0.1) is 0 Å². The molecule has 0 saturated carbocycles. The summed E-state index contributed by atoms with van der Waals surface area (Å²) in [5, 5.41) is 3.18. The highest BCUT2D eigenvalue weighted by Crippen LogP contribution is 2.14. The van der Waals surface area contributed by atoms with Crippen molar-refractivity contribution < 1.29 is 9.47 Å². The van der Waals surface area contributed by atoms with E-state index in [-0.39, 0.29) is 6.10 Å². The van der Waals surface area contributed by atoms with Crippen molar-refractivity contribution in [3.05, 3.63) is 18.5 Å². The van der Waals surface area contributed by atoms with Crippen LogP contribution < -0.4 is 10.1 Å². The van der Waals surface area contributed by atoms with Crippen molar-refractivity contribution >= 4 is 5.69 Å². The molecule has 0 atom stereocenters. The van der Waals surface area contributed by atoms with Crippen molar-refractivity contribution in [1.82, 2.24) is 4.98 Å². The van der Waals surface area contributed by atoms with Gasteiger partial charge in [-0.2, -0.15) is 0 Å². The molecule has 0 unspecified atom stereocenters. The van der Waals surface area contributed by atoms with Gasteiger partial charge in [-0.3, -0.25) is 4.98 Å². The van der Waals surface area contributed by atoms with E-state index in [0.717, 1.165) is 18.0 Å². The largest absolute Gasteiger partial charge is 0.489 e. The zero-order chi connectivity index (χ0) is 11.8. The average Bonchev–Trinajstić information content (AvgIpc) is 2.25. The van der Waals surface area contributed by atoms with E-state index in [1.807, 2.05) is 26.8 Å². The zero-order valence-corrected chi connectivity index (χ0v) is 10.2. The van der Waals surface area contributed by atoms with Crippen LogP contribution in [0.5, 0.6) is 5.75 Å². The van der Waals surface area contributed by atoms with Gasteiger partial charge in [0.15, 0.2) is 0 Å². The first kappa shape index (κ1) is 12.8. The maximum atomic E-state index is 5.52. The minimum Gasteiger partial charge on any atom is -0.489 e. The van der Waals surface area contributed by atoms with Crippen LogP contribution in [0.3, 0.4) is 0 Å². The molecule has 0 aliphatic rings. The van der Waals surface area contributed by atoms with Crippen molar-refractivity contribution in [3.8, 4) is 5.75 Å². The van der Waals surface area contributed by atoms with Crippen LogP contribution in [0.25, 0.3) is 0 Å². The van der Waals surface area contributed by atoms with Crippen molar-refractivity contribution in [2.24, 2.45) is 0 Å². The lowest BCUT2D eigenvalue weighted by molar-refractivity contribution is 0.0552.